The van der Waals surface area contributed by atoms with Gasteiger partial charge in [0.25, 0.3) is 0 Å². The number of nitrogens with one attached hydrogen (secondary N) is 1. The zero-order chi connectivity index (χ0) is 14.9. The van der Waals surface area contributed by atoms with Crippen LogP contribution in [0, 0.1) is 0 Å². The number of methoxy groups -OCH3 is 2. The highest BCUT2D eigenvalue weighted by molar-refractivity contribution is 7.17. The van der Waals surface area contributed by atoms with E-state index in [-0.39, 0.29) is 17.4 Å². The summed E-state index contributed by atoms with van der Waals surface area (Å²) in [5.74, 6) is -1.67. The molecule has 0 saturated carbocycles. The number of fused-ring (bicyclic) bond motifs is 1. The summed E-state index contributed by atoms with van der Waals surface area (Å²) in [6.45, 7) is 1.36. The van der Waals surface area contributed by atoms with Crippen LogP contribution in [0.25, 0.3) is 0 Å². The molecule has 1 aromatic rings. The third-order valence-corrected chi connectivity index (χ3v) is 4.38. The van der Waals surface area contributed by atoms with Gasteiger partial charge in [0.1, 0.15) is 5.00 Å². The zero-order valence-electron chi connectivity index (χ0n) is 11.4. The van der Waals surface area contributed by atoms with E-state index in [1.165, 1.54) is 32.5 Å². The zero-order valence-corrected chi connectivity index (χ0v) is 12.3. The lowest BCUT2D eigenvalue weighted by molar-refractivity contribution is -0.142. The molecule has 20 heavy (non-hydrogen) atoms. The fraction of sp³-hybridized carbons (Fsp3) is 0.462. The van der Waals surface area contributed by atoms with Crippen molar-refractivity contribution in [2.24, 2.45) is 0 Å². The van der Waals surface area contributed by atoms with Crippen LogP contribution in [0.4, 0.5) is 5.00 Å². The Labute approximate surface area is 120 Å². The minimum absolute atomic E-state index is 0.273. The number of hydrogen-bond acceptors (Lipinski definition) is 6. The predicted molar refractivity (Wildman–Crippen MR) is 73.0 cm³/mol. The molecule has 0 aliphatic heterocycles. The maximum absolute atomic E-state index is 12.0. The van der Waals surface area contributed by atoms with Crippen LogP contribution in [-0.2, 0) is 25.5 Å². The molecule has 1 aromatic heterocycles. The van der Waals surface area contributed by atoms with Crippen LogP contribution < -0.4 is 5.32 Å². The van der Waals surface area contributed by atoms with E-state index in [2.05, 4.69) is 5.32 Å². The van der Waals surface area contributed by atoms with Gasteiger partial charge in [-0.1, -0.05) is 0 Å². The van der Waals surface area contributed by atoms with E-state index < -0.39 is 11.9 Å². The van der Waals surface area contributed by atoms with Crippen LogP contribution in [0.15, 0.2) is 0 Å². The molecule has 1 unspecified atom stereocenters. The molecule has 1 aliphatic rings. The topological polar surface area (TPSA) is 81.7 Å². The van der Waals surface area contributed by atoms with Crippen molar-refractivity contribution >= 4 is 34.2 Å². The lowest BCUT2D eigenvalue weighted by Crippen LogP contribution is -2.16. The van der Waals surface area contributed by atoms with Crippen LogP contribution in [0.2, 0.25) is 0 Å². The Morgan fingerprint density at radius 1 is 1.25 bits per heavy atom. The molecule has 1 N–H and O–H groups in total. The van der Waals surface area contributed by atoms with Crippen molar-refractivity contribution < 1.29 is 23.9 Å². The summed E-state index contributed by atoms with van der Waals surface area (Å²) in [5, 5.41) is 3.06. The lowest BCUT2D eigenvalue weighted by Gasteiger charge is -2.11. The van der Waals surface area contributed by atoms with Gasteiger partial charge >= 0.3 is 11.9 Å². The van der Waals surface area contributed by atoms with Crippen LogP contribution >= 0.6 is 11.3 Å². The lowest BCUT2D eigenvalue weighted by atomic mass is 9.99. The van der Waals surface area contributed by atoms with E-state index in [9.17, 15) is 14.4 Å². The van der Waals surface area contributed by atoms with Gasteiger partial charge in [0.05, 0.1) is 25.7 Å². The first-order valence-corrected chi connectivity index (χ1v) is 6.90. The highest BCUT2D eigenvalue weighted by atomic mass is 32.1. The van der Waals surface area contributed by atoms with Gasteiger partial charge in [0.15, 0.2) is 0 Å². The van der Waals surface area contributed by atoms with Gasteiger partial charge in [0.2, 0.25) is 5.91 Å². The van der Waals surface area contributed by atoms with Gasteiger partial charge in [-0.2, -0.15) is 0 Å². The third kappa shape index (κ3) is 2.40. The quantitative estimate of drug-likeness (QED) is 0.859. The number of hydrogen-bond donors (Lipinski definition) is 1. The number of ether oxygens (including phenoxy) is 2. The first kappa shape index (κ1) is 14.5. The maximum Gasteiger partial charge on any atom is 0.341 e. The first-order chi connectivity index (χ1) is 9.49. The Morgan fingerprint density at radius 2 is 1.95 bits per heavy atom. The summed E-state index contributed by atoms with van der Waals surface area (Å²) in [7, 11) is 2.59. The van der Waals surface area contributed by atoms with E-state index in [4.69, 9.17) is 9.47 Å². The highest BCUT2D eigenvalue weighted by Crippen LogP contribution is 2.45. The summed E-state index contributed by atoms with van der Waals surface area (Å²) in [6, 6.07) is 0. The average Bonchev–Trinajstić information content (AvgIpc) is 2.94. The van der Waals surface area contributed by atoms with E-state index in [0.29, 0.717) is 23.4 Å². The van der Waals surface area contributed by atoms with Gasteiger partial charge in [-0.25, -0.2) is 4.79 Å². The summed E-state index contributed by atoms with van der Waals surface area (Å²) >= 11 is 1.31. The van der Waals surface area contributed by atoms with Gasteiger partial charge in [-0.3, -0.25) is 9.59 Å². The van der Waals surface area contributed by atoms with Crippen LogP contribution in [0.5, 0.6) is 0 Å². The fourth-order valence-corrected chi connectivity index (χ4v) is 3.71. The number of anilines is 1. The van der Waals surface area contributed by atoms with Crippen LogP contribution in [-0.4, -0.2) is 32.1 Å². The minimum atomic E-state index is -0.554. The monoisotopic (exact) mass is 297 g/mol. The number of esters is 2. The number of aryl methyl sites for hydroxylation is 1. The van der Waals surface area contributed by atoms with Crippen molar-refractivity contribution in [1.29, 1.82) is 0 Å². The molecule has 1 atom stereocenters. The van der Waals surface area contributed by atoms with E-state index in [1.54, 1.807) is 0 Å². The van der Waals surface area contributed by atoms with E-state index in [0.717, 1.165) is 4.88 Å². The summed E-state index contributed by atoms with van der Waals surface area (Å²) in [5.41, 5.74) is 0.910. The van der Waals surface area contributed by atoms with Crippen molar-refractivity contribution in [2.45, 2.75) is 25.7 Å². The molecule has 7 heteroatoms. The Bertz CT molecular complexity index is 578. The maximum atomic E-state index is 12.0. The summed E-state index contributed by atoms with van der Waals surface area (Å²) in [4.78, 5) is 35.9. The predicted octanol–water partition coefficient (Wildman–Crippen LogP) is 1.70. The fourth-order valence-electron chi connectivity index (χ4n) is 2.40. The minimum Gasteiger partial charge on any atom is -0.469 e. The number of thiophene rings is 1. The van der Waals surface area contributed by atoms with Crippen molar-refractivity contribution in [1.82, 2.24) is 0 Å². The van der Waals surface area contributed by atoms with Crippen molar-refractivity contribution in [3.63, 3.8) is 0 Å². The van der Waals surface area contributed by atoms with Gasteiger partial charge in [-0.15, -0.1) is 11.3 Å². The van der Waals surface area contributed by atoms with Gasteiger partial charge in [-0.05, 0) is 18.4 Å². The SMILES string of the molecule is COC(=O)c1c(NC(C)=O)sc2c1C(C(=O)OC)CC2. The number of carbonyl (C=O) groups excluding carboxylic acids is 3. The molecule has 1 aliphatic carbocycles. The number of amides is 1. The molecule has 6 nitrogen and oxygen atoms in total. The molecule has 0 saturated heterocycles. The van der Waals surface area contributed by atoms with Crippen LogP contribution in [0.3, 0.4) is 0 Å². The molecular weight excluding hydrogens is 282 g/mol. The Kier molecular flexibility index (Phi) is 4.08. The average molecular weight is 297 g/mol. The molecule has 1 heterocycles. The van der Waals surface area contributed by atoms with Crippen molar-refractivity contribution in [3.8, 4) is 0 Å². The third-order valence-electron chi connectivity index (χ3n) is 3.20. The summed E-state index contributed by atoms with van der Waals surface area (Å²) in [6.07, 6.45) is 1.29. The standard InChI is InChI=1S/C13H15NO5S/c1-6(15)14-11-10(13(17)19-3)9-7(12(16)18-2)4-5-8(9)20-11/h7H,4-5H2,1-3H3,(H,14,15). The highest BCUT2D eigenvalue weighted by Gasteiger charge is 2.38. The van der Waals surface area contributed by atoms with Crippen LogP contribution in [0.1, 0.15) is 40.1 Å². The Hall–Kier alpha value is -1.89. The second kappa shape index (κ2) is 5.62. The van der Waals surface area contributed by atoms with Crippen molar-refractivity contribution in [2.75, 3.05) is 19.5 Å². The van der Waals surface area contributed by atoms with Gasteiger partial charge in [0, 0.05) is 11.8 Å². The number of carbonyl (C=O) groups is 3. The molecule has 2 rings (SSSR count). The second-order valence-electron chi connectivity index (χ2n) is 4.43. The molecular formula is C13H15NO5S. The molecule has 0 spiro atoms. The smallest absolute Gasteiger partial charge is 0.341 e. The molecule has 108 valence electrons. The Morgan fingerprint density at radius 3 is 2.50 bits per heavy atom. The molecule has 1 amide bonds. The molecule has 0 fully saturated rings. The second-order valence-corrected chi connectivity index (χ2v) is 5.54. The largest absolute Gasteiger partial charge is 0.469 e. The van der Waals surface area contributed by atoms with E-state index in [1.807, 2.05) is 0 Å². The van der Waals surface area contributed by atoms with Crippen molar-refractivity contribution in [3.05, 3.63) is 16.0 Å². The Balaban J connectivity index is 2.52. The molecule has 0 radical (unpaired) electrons. The number of rotatable bonds is 3. The molecule has 0 bridgehead atoms. The summed E-state index contributed by atoms with van der Waals surface area (Å²) < 4.78 is 9.54. The normalized spacial score (nSPS) is 16.4. The van der Waals surface area contributed by atoms with E-state index >= 15 is 0 Å². The van der Waals surface area contributed by atoms with Gasteiger partial charge < -0.3 is 14.8 Å². The first-order valence-electron chi connectivity index (χ1n) is 6.08. The molecule has 0 aromatic carbocycles.